The Morgan fingerprint density at radius 3 is 2.18 bits per heavy atom. The lowest BCUT2D eigenvalue weighted by atomic mass is 10.1. The number of nitrogens with one attached hydrogen (secondary N) is 1. The fourth-order valence-electron chi connectivity index (χ4n) is 1.63. The Bertz CT molecular complexity index is 356. The highest BCUT2D eigenvalue weighted by Gasteiger charge is 2.18. The van der Waals surface area contributed by atoms with Gasteiger partial charge in [-0.1, -0.05) is 33.3 Å². The Morgan fingerprint density at radius 1 is 1.23 bits per heavy atom. The minimum Gasteiger partial charge on any atom is -0.466 e. The number of methoxy groups -OCH3 is 1. The van der Waals surface area contributed by atoms with Gasteiger partial charge in [0.25, 0.3) is 0 Å². The van der Waals surface area contributed by atoms with E-state index in [1.165, 1.54) is 7.11 Å². The van der Waals surface area contributed by atoms with E-state index in [0.717, 1.165) is 12.8 Å². The summed E-state index contributed by atoms with van der Waals surface area (Å²) >= 11 is 0. The monoisotopic (exact) mass is 315 g/mol. The molecule has 1 amide bonds. The van der Waals surface area contributed by atoms with E-state index in [-0.39, 0.29) is 12.0 Å². The quantitative estimate of drug-likeness (QED) is 0.589. The summed E-state index contributed by atoms with van der Waals surface area (Å²) in [5, 5.41) is 2.83. The highest BCUT2D eigenvalue weighted by atomic mass is 16.6. The number of carbonyl (C=O) groups excluding carboxylic acids is 2. The molecule has 5 nitrogen and oxygen atoms in total. The highest BCUT2D eigenvalue weighted by molar-refractivity contribution is 5.87. The summed E-state index contributed by atoms with van der Waals surface area (Å²) < 4.78 is 9.86. The first kappa shape index (κ1) is 22.8. The molecule has 1 N–H and O–H groups in total. The minimum absolute atomic E-state index is 0.0468. The first-order chi connectivity index (χ1) is 10.2. The van der Waals surface area contributed by atoms with Gasteiger partial charge in [0, 0.05) is 11.6 Å². The fraction of sp³-hybridized carbons (Fsp3) is 0.765. The molecule has 0 aromatic rings. The Balaban J connectivity index is 0. The van der Waals surface area contributed by atoms with Crippen molar-refractivity contribution in [3.63, 3.8) is 0 Å². The van der Waals surface area contributed by atoms with Crippen molar-refractivity contribution in [2.45, 2.75) is 79.4 Å². The van der Waals surface area contributed by atoms with Crippen LogP contribution in [0.5, 0.6) is 0 Å². The zero-order chi connectivity index (χ0) is 17.8. The van der Waals surface area contributed by atoms with E-state index in [0.29, 0.717) is 12.0 Å². The second kappa shape index (κ2) is 12.1. The SMILES string of the molecule is CC.CCCC(C/C=C(\C)C(=O)OC)NC(=O)OC(C)(C)C. The van der Waals surface area contributed by atoms with Crippen molar-refractivity contribution < 1.29 is 19.1 Å². The van der Waals surface area contributed by atoms with Crippen molar-refractivity contribution in [3.8, 4) is 0 Å². The zero-order valence-electron chi connectivity index (χ0n) is 15.4. The van der Waals surface area contributed by atoms with E-state index >= 15 is 0 Å². The van der Waals surface area contributed by atoms with Crippen LogP contribution >= 0.6 is 0 Å². The van der Waals surface area contributed by atoms with E-state index in [1.807, 2.05) is 41.5 Å². The molecule has 0 aliphatic heterocycles. The van der Waals surface area contributed by atoms with Crippen LogP contribution < -0.4 is 5.32 Å². The number of carbonyl (C=O) groups is 2. The number of rotatable bonds is 6. The predicted molar refractivity (Wildman–Crippen MR) is 89.8 cm³/mol. The molecular weight excluding hydrogens is 282 g/mol. The van der Waals surface area contributed by atoms with Crippen molar-refractivity contribution in [1.29, 1.82) is 0 Å². The lowest BCUT2D eigenvalue weighted by Gasteiger charge is -2.23. The zero-order valence-corrected chi connectivity index (χ0v) is 15.4. The van der Waals surface area contributed by atoms with Crippen LogP contribution in [0.1, 0.15) is 67.7 Å². The van der Waals surface area contributed by atoms with Gasteiger partial charge in [0.15, 0.2) is 0 Å². The number of ether oxygens (including phenoxy) is 2. The molecule has 0 aromatic carbocycles. The molecule has 0 heterocycles. The molecule has 5 heteroatoms. The Labute approximate surface area is 135 Å². The molecule has 22 heavy (non-hydrogen) atoms. The van der Waals surface area contributed by atoms with Gasteiger partial charge in [-0.15, -0.1) is 0 Å². The Morgan fingerprint density at radius 2 is 1.77 bits per heavy atom. The lowest BCUT2D eigenvalue weighted by Crippen LogP contribution is -2.39. The smallest absolute Gasteiger partial charge is 0.407 e. The van der Waals surface area contributed by atoms with Crippen molar-refractivity contribution in [2.24, 2.45) is 0 Å². The Hall–Kier alpha value is -1.52. The van der Waals surface area contributed by atoms with E-state index in [4.69, 9.17) is 4.74 Å². The van der Waals surface area contributed by atoms with Crippen molar-refractivity contribution in [3.05, 3.63) is 11.6 Å². The maximum absolute atomic E-state index is 11.7. The maximum Gasteiger partial charge on any atom is 0.407 e. The molecule has 0 bridgehead atoms. The maximum atomic E-state index is 11.7. The Kier molecular flexibility index (Phi) is 12.5. The number of hydrogen-bond donors (Lipinski definition) is 1. The normalized spacial score (nSPS) is 12.6. The third-order valence-electron chi connectivity index (χ3n) is 2.57. The van der Waals surface area contributed by atoms with Gasteiger partial charge in [0.05, 0.1) is 7.11 Å². The van der Waals surface area contributed by atoms with Crippen LogP contribution in [0.25, 0.3) is 0 Å². The van der Waals surface area contributed by atoms with Crippen LogP contribution in [-0.2, 0) is 14.3 Å². The third-order valence-corrected chi connectivity index (χ3v) is 2.57. The fourth-order valence-corrected chi connectivity index (χ4v) is 1.63. The number of amides is 1. The lowest BCUT2D eigenvalue weighted by molar-refractivity contribution is -0.136. The number of esters is 1. The van der Waals surface area contributed by atoms with E-state index in [2.05, 4.69) is 10.1 Å². The van der Waals surface area contributed by atoms with Gasteiger partial charge in [0.1, 0.15) is 5.60 Å². The molecule has 0 rings (SSSR count). The molecule has 0 aromatic heterocycles. The molecule has 130 valence electrons. The molecule has 0 saturated carbocycles. The van der Waals surface area contributed by atoms with Crippen LogP contribution in [0.4, 0.5) is 4.79 Å². The molecule has 0 spiro atoms. The molecule has 1 atom stereocenters. The van der Waals surface area contributed by atoms with E-state index in [9.17, 15) is 9.59 Å². The molecule has 0 radical (unpaired) electrons. The van der Waals surface area contributed by atoms with Crippen molar-refractivity contribution in [2.75, 3.05) is 7.11 Å². The molecule has 1 unspecified atom stereocenters. The summed E-state index contributed by atoms with van der Waals surface area (Å²) in [6.45, 7) is 13.2. The van der Waals surface area contributed by atoms with Gasteiger partial charge in [0.2, 0.25) is 0 Å². The number of hydrogen-bond acceptors (Lipinski definition) is 4. The van der Waals surface area contributed by atoms with E-state index < -0.39 is 11.7 Å². The molecule has 0 aliphatic rings. The van der Waals surface area contributed by atoms with Crippen molar-refractivity contribution >= 4 is 12.1 Å². The van der Waals surface area contributed by atoms with Crippen LogP contribution in [0.15, 0.2) is 11.6 Å². The van der Waals surface area contributed by atoms with Gasteiger partial charge in [-0.05, 0) is 40.5 Å². The first-order valence-electron chi connectivity index (χ1n) is 7.94. The summed E-state index contributed by atoms with van der Waals surface area (Å²) in [5.74, 6) is -0.350. The first-order valence-corrected chi connectivity index (χ1v) is 7.94. The van der Waals surface area contributed by atoms with Gasteiger partial charge >= 0.3 is 12.1 Å². The average molecular weight is 315 g/mol. The summed E-state index contributed by atoms with van der Waals surface area (Å²) in [6.07, 6.45) is 3.69. The van der Waals surface area contributed by atoms with Gasteiger partial charge < -0.3 is 14.8 Å². The second-order valence-electron chi connectivity index (χ2n) is 5.75. The minimum atomic E-state index is -0.515. The van der Waals surface area contributed by atoms with Crippen LogP contribution in [-0.4, -0.2) is 30.8 Å². The van der Waals surface area contributed by atoms with Gasteiger partial charge in [-0.25, -0.2) is 9.59 Å². The topological polar surface area (TPSA) is 64.6 Å². The summed E-state index contributed by atoms with van der Waals surface area (Å²) in [5.41, 5.74) is 0.0260. The third kappa shape index (κ3) is 12.2. The van der Waals surface area contributed by atoms with E-state index in [1.54, 1.807) is 13.0 Å². The standard InChI is InChI=1S/C15H27NO4.C2H6/c1-7-8-12(10-9-11(2)13(17)19-6)16-14(18)20-15(3,4)5;1-2/h9,12H,7-8,10H2,1-6H3,(H,16,18);1-2H3/b11-9+;. The average Bonchev–Trinajstić information content (AvgIpc) is 2.43. The highest BCUT2D eigenvalue weighted by Crippen LogP contribution is 2.10. The second-order valence-corrected chi connectivity index (χ2v) is 5.75. The number of alkyl carbamates (subject to hydrolysis) is 1. The predicted octanol–water partition coefficient (Wildman–Crippen LogP) is 4.22. The molecular formula is C17H33NO4. The molecule has 0 fully saturated rings. The summed E-state index contributed by atoms with van der Waals surface area (Å²) in [4.78, 5) is 23.0. The van der Waals surface area contributed by atoms with Gasteiger partial charge in [-0.3, -0.25) is 0 Å². The van der Waals surface area contributed by atoms with Crippen LogP contribution in [0.3, 0.4) is 0 Å². The van der Waals surface area contributed by atoms with Crippen LogP contribution in [0, 0.1) is 0 Å². The summed E-state index contributed by atoms with van der Waals surface area (Å²) in [6, 6.07) is -0.0468. The molecule has 0 saturated heterocycles. The van der Waals surface area contributed by atoms with Crippen molar-refractivity contribution in [1.82, 2.24) is 5.32 Å². The molecule has 0 aliphatic carbocycles. The van der Waals surface area contributed by atoms with Gasteiger partial charge in [-0.2, -0.15) is 0 Å². The largest absolute Gasteiger partial charge is 0.466 e. The summed E-state index contributed by atoms with van der Waals surface area (Å²) in [7, 11) is 1.35. The van der Waals surface area contributed by atoms with Crippen LogP contribution in [0.2, 0.25) is 0 Å².